The van der Waals surface area contributed by atoms with Gasteiger partial charge in [-0.3, -0.25) is 4.79 Å². The Hall–Kier alpha value is -1.71. The molecule has 2 aliphatic heterocycles. The van der Waals surface area contributed by atoms with E-state index in [-0.39, 0.29) is 5.56 Å². The Morgan fingerprint density at radius 3 is 3.18 bits per heavy atom. The molecular formula is C7H5N3O. The number of nitrogens with zero attached hydrogens (tertiary/aromatic N) is 2. The van der Waals surface area contributed by atoms with Crippen molar-refractivity contribution in [1.82, 2.24) is 15.0 Å². The molecule has 2 rings (SSSR count). The minimum atomic E-state index is -0.244. The van der Waals surface area contributed by atoms with Crippen LogP contribution in [0.15, 0.2) is 29.6 Å². The van der Waals surface area contributed by atoms with Gasteiger partial charge in [0.25, 0.3) is 5.56 Å². The maximum atomic E-state index is 11.0. The Labute approximate surface area is 62.3 Å². The summed E-state index contributed by atoms with van der Waals surface area (Å²) in [7, 11) is 0. The van der Waals surface area contributed by atoms with E-state index in [2.05, 4.69) is 15.0 Å². The highest BCUT2D eigenvalue weighted by Gasteiger charge is 2.03. The Bertz CT molecular complexity index is 395. The Balaban J connectivity index is 2.90. The molecule has 2 aliphatic rings. The number of aromatic nitrogens is 3. The lowest BCUT2D eigenvalue weighted by molar-refractivity contribution is 1.12. The van der Waals surface area contributed by atoms with Crippen LogP contribution >= 0.6 is 0 Å². The first-order chi connectivity index (χ1) is 5.38. The van der Waals surface area contributed by atoms with E-state index in [0.29, 0.717) is 5.56 Å². The summed E-state index contributed by atoms with van der Waals surface area (Å²) in [4.78, 5) is 21.2. The fraction of sp³-hybridized carbons (Fsp3) is 0. The third kappa shape index (κ3) is 0.881. The standard InChI is InChI=1S/C7H5N3O/c11-7-5-3-8-4-10-6(5)1-2-9-7/h1-4H,(H,8,10). The zero-order valence-corrected chi connectivity index (χ0v) is 5.61. The second-order valence-corrected chi connectivity index (χ2v) is 2.13. The van der Waals surface area contributed by atoms with Gasteiger partial charge in [-0.1, -0.05) is 0 Å². The van der Waals surface area contributed by atoms with Crippen LogP contribution in [0.2, 0.25) is 0 Å². The first-order valence-corrected chi connectivity index (χ1v) is 3.15. The number of H-pyrrole nitrogens is 1. The third-order valence-electron chi connectivity index (χ3n) is 1.45. The van der Waals surface area contributed by atoms with Gasteiger partial charge < -0.3 is 4.98 Å². The van der Waals surface area contributed by atoms with Gasteiger partial charge in [0.15, 0.2) is 0 Å². The molecule has 0 saturated heterocycles. The van der Waals surface area contributed by atoms with E-state index < -0.39 is 0 Å². The molecule has 0 spiro atoms. The van der Waals surface area contributed by atoms with Crippen molar-refractivity contribution in [3.8, 4) is 11.3 Å². The number of fused-ring (bicyclic) bond motifs is 1. The van der Waals surface area contributed by atoms with Crippen LogP contribution in [0.5, 0.6) is 0 Å². The molecule has 0 unspecified atom stereocenters. The molecule has 0 saturated carbocycles. The predicted octanol–water partition coefficient (Wildman–Crippen LogP) is 0.270. The fourth-order valence-corrected chi connectivity index (χ4v) is 0.923. The van der Waals surface area contributed by atoms with E-state index in [1.54, 1.807) is 6.07 Å². The molecule has 0 aromatic heterocycles. The summed E-state index contributed by atoms with van der Waals surface area (Å²) >= 11 is 0. The van der Waals surface area contributed by atoms with Crippen LogP contribution < -0.4 is 5.56 Å². The van der Waals surface area contributed by atoms with Crippen molar-refractivity contribution in [2.45, 2.75) is 0 Å². The summed E-state index contributed by atoms with van der Waals surface area (Å²) in [5.74, 6) is 0. The molecule has 4 nitrogen and oxygen atoms in total. The van der Waals surface area contributed by atoms with Crippen LogP contribution in [0, 0.1) is 0 Å². The number of aromatic amines is 1. The highest BCUT2D eigenvalue weighted by atomic mass is 16.1. The van der Waals surface area contributed by atoms with E-state index in [4.69, 9.17) is 0 Å². The highest BCUT2D eigenvalue weighted by Crippen LogP contribution is 2.08. The van der Waals surface area contributed by atoms with Crippen molar-refractivity contribution in [3.63, 3.8) is 0 Å². The summed E-state index contributed by atoms with van der Waals surface area (Å²) in [6.07, 6.45) is 4.50. The minimum Gasteiger partial charge on any atom is -0.346 e. The molecule has 2 heterocycles. The molecule has 1 N–H and O–H groups in total. The lowest BCUT2D eigenvalue weighted by atomic mass is 10.2. The van der Waals surface area contributed by atoms with E-state index in [9.17, 15) is 4.79 Å². The van der Waals surface area contributed by atoms with Crippen molar-refractivity contribution in [2.24, 2.45) is 0 Å². The molecule has 0 fully saturated rings. The zero-order chi connectivity index (χ0) is 7.68. The predicted molar refractivity (Wildman–Crippen MR) is 39.3 cm³/mol. The van der Waals surface area contributed by atoms with E-state index in [0.717, 1.165) is 5.69 Å². The van der Waals surface area contributed by atoms with Crippen molar-refractivity contribution >= 4 is 0 Å². The average Bonchev–Trinajstić information content (AvgIpc) is 2.06. The van der Waals surface area contributed by atoms with Crippen molar-refractivity contribution < 1.29 is 0 Å². The van der Waals surface area contributed by atoms with Gasteiger partial charge in [0.2, 0.25) is 0 Å². The summed E-state index contributed by atoms with van der Waals surface area (Å²) < 4.78 is 0. The first kappa shape index (κ1) is 6.03. The van der Waals surface area contributed by atoms with Crippen molar-refractivity contribution in [1.29, 1.82) is 0 Å². The molecule has 0 bridgehead atoms. The Morgan fingerprint density at radius 1 is 1.45 bits per heavy atom. The summed E-state index contributed by atoms with van der Waals surface area (Å²) in [6.45, 7) is 0. The lowest BCUT2D eigenvalue weighted by Gasteiger charge is -1.98. The number of hydrogen-bond donors (Lipinski definition) is 1. The summed E-state index contributed by atoms with van der Waals surface area (Å²) in [5, 5.41) is 0. The van der Waals surface area contributed by atoms with Crippen LogP contribution in [0.4, 0.5) is 0 Å². The quantitative estimate of drug-likeness (QED) is 0.581. The average molecular weight is 147 g/mol. The fourth-order valence-electron chi connectivity index (χ4n) is 0.923. The highest BCUT2D eigenvalue weighted by molar-refractivity contribution is 5.56. The maximum Gasteiger partial charge on any atom is 0.280 e. The molecule has 0 radical (unpaired) electrons. The van der Waals surface area contributed by atoms with Gasteiger partial charge in [0, 0.05) is 12.4 Å². The normalized spacial score (nSPS) is 10.2. The Morgan fingerprint density at radius 2 is 2.36 bits per heavy atom. The second kappa shape index (κ2) is 2.16. The number of rotatable bonds is 0. The molecule has 54 valence electrons. The number of nitrogens with one attached hydrogen (secondary N) is 1. The number of pyridine rings is 1. The van der Waals surface area contributed by atoms with Crippen LogP contribution in [-0.4, -0.2) is 15.0 Å². The summed E-state index contributed by atoms with van der Waals surface area (Å²) in [5.41, 5.74) is 1.04. The van der Waals surface area contributed by atoms with Crippen molar-refractivity contribution in [3.05, 3.63) is 35.1 Å². The molecule has 0 aromatic carbocycles. The third-order valence-corrected chi connectivity index (χ3v) is 1.45. The largest absolute Gasteiger partial charge is 0.346 e. The number of hydrogen-bond acceptors (Lipinski definition) is 3. The molecule has 0 atom stereocenters. The van der Waals surface area contributed by atoms with Gasteiger partial charge >= 0.3 is 0 Å². The molecule has 11 heavy (non-hydrogen) atoms. The van der Waals surface area contributed by atoms with Crippen LogP contribution in [0.3, 0.4) is 0 Å². The van der Waals surface area contributed by atoms with Gasteiger partial charge in [-0.15, -0.1) is 0 Å². The first-order valence-electron chi connectivity index (χ1n) is 3.15. The minimum absolute atomic E-state index is 0.244. The van der Waals surface area contributed by atoms with Gasteiger partial charge in [-0.2, -0.15) is 0 Å². The van der Waals surface area contributed by atoms with E-state index in [1.165, 1.54) is 18.7 Å². The van der Waals surface area contributed by atoms with Crippen LogP contribution in [0.25, 0.3) is 11.3 Å². The maximum absolute atomic E-state index is 11.0. The van der Waals surface area contributed by atoms with Gasteiger partial charge in [0.1, 0.15) is 0 Å². The van der Waals surface area contributed by atoms with E-state index in [1.807, 2.05) is 0 Å². The van der Waals surface area contributed by atoms with Crippen LogP contribution in [0.1, 0.15) is 0 Å². The van der Waals surface area contributed by atoms with Crippen molar-refractivity contribution in [2.75, 3.05) is 0 Å². The SMILES string of the molecule is O=c1nccc2[nH]cncc1-2. The Kier molecular flexibility index (Phi) is 1.18. The van der Waals surface area contributed by atoms with Gasteiger partial charge in [-0.05, 0) is 6.07 Å². The van der Waals surface area contributed by atoms with Gasteiger partial charge in [-0.25, -0.2) is 9.97 Å². The molecule has 4 heteroatoms. The summed E-state index contributed by atoms with van der Waals surface area (Å²) in [6, 6.07) is 1.73. The van der Waals surface area contributed by atoms with Gasteiger partial charge in [0.05, 0.1) is 17.6 Å². The topological polar surface area (TPSA) is 58.6 Å². The molecule has 0 aliphatic carbocycles. The molecule has 0 aromatic rings. The molecular weight excluding hydrogens is 142 g/mol. The molecule has 0 amide bonds. The zero-order valence-electron chi connectivity index (χ0n) is 5.61. The second-order valence-electron chi connectivity index (χ2n) is 2.13. The lowest BCUT2D eigenvalue weighted by Crippen LogP contribution is -2.09. The van der Waals surface area contributed by atoms with E-state index >= 15 is 0 Å². The van der Waals surface area contributed by atoms with Crippen LogP contribution in [-0.2, 0) is 0 Å². The monoisotopic (exact) mass is 147 g/mol. The smallest absolute Gasteiger partial charge is 0.280 e.